The zero-order valence-electron chi connectivity index (χ0n) is 19.4. The van der Waals surface area contributed by atoms with Gasteiger partial charge in [-0.05, 0) is 62.9 Å². The Morgan fingerprint density at radius 1 is 1.00 bits per heavy atom. The average Bonchev–Trinajstić information content (AvgIpc) is 2.76. The molecule has 0 spiro atoms. The van der Waals surface area contributed by atoms with E-state index in [0.717, 1.165) is 25.6 Å². The monoisotopic (exact) mass is 446 g/mol. The van der Waals surface area contributed by atoms with Gasteiger partial charge < -0.3 is 30.5 Å². The van der Waals surface area contributed by atoms with Gasteiger partial charge in [-0.3, -0.25) is 14.4 Å². The fourth-order valence-corrected chi connectivity index (χ4v) is 1.83. The van der Waals surface area contributed by atoms with E-state index in [-0.39, 0.29) is 17.7 Å². The average molecular weight is 446 g/mol. The molecule has 0 aromatic heterocycles. The fourth-order valence-electron chi connectivity index (χ4n) is 1.83. The molecule has 1 aromatic rings. The molecule has 10 heteroatoms. The molecule has 0 unspecified atom stereocenters. The third-order valence-electron chi connectivity index (χ3n) is 3.52. The first kappa shape index (κ1) is 31.0. The van der Waals surface area contributed by atoms with Crippen molar-refractivity contribution in [3.8, 4) is 0 Å². The zero-order chi connectivity index (χ0) is 25.1. The van der Waals surface area contributed by atoms with E-state index < -0.39 is 7.12 Å². The Kier molecular flexibility index (Phi) is 18.0. The van der Waals surface area contributed by atoms with E-state index in [4.69, 9.17) is 10.0 Å². The molecule has 32 heavy (non-hydrogen) atoms. The van der Waals surface area contributed by atoms with Crippen LogP contribution in [0.2, 0.25) is 0 Å². The summed E-state index contributed by atoms with van der Waals surface area (Å²) < 4.78 is 0. The summed E-state index contributed by atoms with van der Waals surface area (Å²) >= 11 is 0. The molecule has 0 atom stereocenters. The third kappa shape index (κ3) is 17.6. The summed E-state index contributed by atoms with van der Waals surface area (Å²) in [6.45, 7) is 11.7. The van der Waals surface area contributed by atoms with Crippen molar-refractivity contribution in [2.24, 2.45) is 0 Å². The van der Waals surface area contributed by atoms with E-state index in [1.807, 2.05) is 14.1 Å². The minimum atomic E-state index is -1.53. The first-order valence-electron chi connectivity index (χ1n) is 9.76. The molecule has 0 bridgehead atoms. The number of nitrogens with one attached hydrogen (secondary N) is 2. The SMILES string of the molecule is C=CC(=O)N(C)C.C=CC(=O)NCCCN(C)C.C=CC(=O)Nc1cccc(B(O)O)c1. The molecule has 0 saturated heterocycles. The first-order valence-corrected chi connectivity index (χ1v) is 9.76. The lowest BCUT2D eigenvalue weighted by Crippen LogP contribution is -2.29. The van der Waals surface area contributed by atoms with Crippen LogP contribution in [0.15, 0.2) is 62.2 Å². The normalized spacial score (nSPS) is 9.09. The lowest BCUT2D eigenvalue weighted by molar-refractivity contribution is -0.123. The first-order chi connectivity index (χ1) is 15.0. The number of amides is 3. The van der Waals surface area contributed by atoms with Gasteiger partial charge in [-0.15, -0.1) is 0 Å². The van der Waals surface area contributed by atoms with Gasteiger partial charge in [0.2, 0.25) is 17.7 Å². The van der Waals surface area contributed by atoms with Gasteiger partial charge in [0, 0.05) is 26.3 Å². The Bertz CT molecular complexity index is 752. The number of benzene rings is 1. The molecule has 3 amide bonds. The van der Waals surface area contributed by atoms with Gasteiger partial charge in [-0.25, -0.2) is 0 Å². The Morgan fingerprint density at radius 3 is 2.00 bits per heavy atom. The van der Waals surface area contributed by atoms with Crippen LogP contribution in [0.1, 0.15) is 6.42 Å². The fraction of sp³-hybridized carbons (Fsp3) is 0.318. The van der Waals surface area contributed by atoms with Crippen molar-refractivity contribution in [3.05, 3.63) is 62.2 Å². The summed E-state index contributed by atoms with van der Waals surface area (Å²) in [6.07, 6.45) is 4.68. The smallest absolute Gasteiger partial charge is 0.423 e. The number of likely N-dealkylation sites (N-methyl/N-ethyl adjacent to an activating group) is 1. The minimum Gasteiger partial charge on any atom is -0.423 e. The van der Waals surface area contributed by atoms with Crippen molar-refractivity contribution in [1.29, 1.82) is 0 Å². The molecular formula is C22H35BN4O5. The van der Waals surface area contributed by atoms with Crippen LogP contribution < -0.4 is 16.1 Å². The highest BCUT2D eigenvalue weighted by Gasteiger charge is 2.10. The maximum absolute atomic E-state index is 10.9. The molecule has 0 saturated carbocycles. The van der Waals surface area contributed by atoms with Gasteiger partial charge in [-0.1, -0.05) is 31.9 Å². The number of hydrogen-bond donors (Lipinski definition) is 4. The van der Waals surface area contributed by atoms with Crippen LogP contribution in [0.4, 0.5) is 5.69 Å². The van der Waals surface area contributed by atoms with Gasteiger partial charge in [0.05, 0.1) is 0 Å². The predicted octanol–water partition coefficient (Wildman–Crippen LogP) is -0.00820. The van der Waals surface area contributed by atoms with Crippen molar-refractivity contribution >= 4 is 36.0 Å². The van der Waals surface area contributed by atoms with E-state index in [2.05, 4.69) is 35.3 Å². The Labute approximate surface area is 191 Å². The largest absolute Gasteiger partial charge is 0.488 e. The second-order valence-electron chi connectivity index (χ2n) is 6.78. The summed E-state index contributed by atoms with van der Waals surface area (Å²) in [6, 6.07) is 6.29. The maximum atomic E-state index is 10.9. The van der Waals surface area contributed by atoms with Gasteiger partial charge in [0.1, 0.15) is 0 Å². The van der Waals surface area contributed by atoms with Crippen molar-refractivity contribution in [3.63, 3.8) is 0 Å². The summed E-state index contributed by atoms with van der Waals surface area (Å²) in [4.78, 5) is 35.4. The number of carbonyl (C=O) groups is 3. The predicted molar refractivity (Wildman–Crippen MR) is 130 cm³/mol. The Hall–Kier alpha value is -3.21. The molecule has 1 aromatic carbocycles. The number of hydrogen-bond acceptors (Lipinski definition) is 6. The number of anilines is 1. The lowest BCUT2D eigenvalue weighted by Gasteiger charge is -2.08. The molecule has 9 nitrogen and oxygen atoms in total. The molecule has 0 aliphatic heterocycles. The second-order valence-corrected chi connectivity index (χ2v) is 6.78. The molecule has 1 rings (SSSR count). The highest BCUT2D eigenvalue weighted by Crippen LogP contribution is 2.03. The van der Waals surface area contributed by atoms with E-state index >= 15 is 0 Å². The molecule has 0 aliphatic rings. The Balaban J connectivity index is 0. The highest BCUT2D eigenvalue weighted by molar-refractivity contribution is 6.58. The van der Waals surface area contributed by atoms with Crippen molar-refractivity contribution in [1.82, 2.24) is 15.1 Å². The van der Waals surface area contributed by atoms with Crippen molar-refractivity contribution < 1.29 is 24.4 Å². The Morgan fingerprint density at radius 2 is 1.59 bits per heavy atom. The zero-order valence-corrected chi connectivity index (χ0v) is 19.4. The van der Waals surface area contributed by atoms with Gasteiger partial charge in [-0.2, -0.15) is 0 Å². The summed E-state index contributed by atoms with van der Waals surface area (Å²) in [7, 11) is 5.86. The molecule has 0 radical (unpaired) electrons. The van der Waals surface area contributed by atoms with Gasteiger partial charge in [0.25, 0.3) is 0 Å². The maximum Gasteiger partial charge on any atom is 0.488 e. The lowest BCUT2D eigenvalue weighted by atomic mass is 9.80. The van der Waals surface area contributed by atoms with E-state index in [0.29, 0.717) is 11.2 Å². The number of nitrogens with zero attached hydrogens (tertiary/aromatic N) is 2. The van der Waals surface area contributed by atoms with E-state index in [9.17, 15) is 14.4 Å². The van der Waals surface area contributed by atoms with Gasteiger partial charge >= 0.3 is 7.12 Å². The van der Waals surface area contributed by atoms with E-state index in [1.165, 1.54) is 23.1 Å². The standard InChI is InChI=1S/C9H10BNO3.C8H16N2O.C5H9NO/c1-2-9(12)11-8-5-3-4-7(6-8)10(13)14;1-4-8(11)9-6-5-7-10(2)3;1-4-5(7)6(2)3/h2-6,13-14H,1H2,(H,11,12);4H,1,5-7H2,2-3H3,(H,9,11);4H,1H2,2-3H3. The summed E-state index contributed by atoms with van der Waals surface area (Å²) in [5.74, 6) is -0.488. The quantitative estimate of drug-likeness (QED) is 0.241. The molecule has 176 valence electrons. The van der Waals surface area contributed by atoms with Crippen LogP contribution in [0.3, 0.4) is 0 Å². The summed E-state index contributed by atoms with van der Waals surface area (Å²) in [5, 5.41) is 22.9. The van der Waals surface area contributed by atoms with Crippen LogP contribution in [0, 0.1) is 0 Å². The van der Waals surface area contributed by atoms with Crippen LogP contribution in [0.5, 0.6) is 0 Å². The number of rotatable bonds is 9. The van der Waals surface area contributed by atoms with Crippen LogP contribution in [-0.2, 0) is 14.4 Å². The molecule has 0 aliphatic carbocycles. The highest BCUT2D eigenvalue weighted by atomic mass is 16.4. The molecule has 0 heterocycles. The van der Waals surface area contributed by atoms with Crippen molar-refractivity contribution in [2.45, 2.75) is 6.42 Å². The van der Waals surface area contributed by atoms with Crippen LogP contribution >= 0.6 is 0 Å². The molecular weight excluding hydrogens is 411 g/mol. The minimum absolute atomic E-state index is 0.0556. The molecule has 4 N–H and O–H groups in total. The van der Waals surface area contributed by atoms with Crippen LogP contribution in [-0.4, -0.2) is 86.0 Å². The molecule has 0 fully saturated rings. The summed E-state index contributed by atoms with van der Waals surface area (Å²) in [5.41, 5.74) is 0.826. The number of carbonyl (C=O) groups excluding carboxylic acids is 3. The van der Waals surface area contributed by atoms with Crippen molar-refractivity contribution in [2.75, 3.05) is 46.6 Å². The van der Waals surface area contributed by atoms with Crippen LogP contribution in [0.25, 0.3) is 0 Å². The second kappa shape index (κ2) is 18.6. The third-order valence-corrected chi connectivity index (χ3v) is 3.52. The van der Waals surface area contributed by atoms with Gasteiger partial charge in [0.15, 0.2) is 0 Å². The van der Waals surface area contributed by atoms with E-state index in [1.54, 1.807) is 32.3 Å². The topological polar surface area (TPSA) is 122 Å².